The van der Waals surface area contributed by atoms with E-state index in [1.807, 2.05) is 13.8 Å². The third-order valence-corrected chi connectivity index (χ3v) is 7.74. The van der Waals surface area contributed by atoms with E-state index in [1.54, 1.807) is 29.2 Å². The molecule has 1 amide bonds. The fourth-order valence-electron chi connectivity index (χ4n) is 4.45. The van der Waals surface area contributed by atoms with E-state index in [0.29, 0.717) is 25.2 Å². The summed E-state index contributed by atoms with van der Waals surface area (Å²) in [7, 11) is -3.65. The van der Waals surface area contributed by atoms with Crippen LogP contribution in [0.25, 0.3) is 0 Å². The first-order valence-electron chi connectivity index (χ1n) is 10.6. The second-order valence-electron chi connectivity index (χ2n) is 8.31. The first-order valence-corrected chi connectivity index (χ1v) is 12.0. The van der Waals surface area contributed by atoms with Crippen LogP contribution in [0.2, 0.25) is 0 Å². The highest BCUT2D eigenvalue weighted by molar-refractivity contribution is 7.89. The van der Waals surface area contributed by atoms with Gasteiger partial charge in [0.1, 0.15) is 5.82 Å². The molecule has 2 aromatic rings. The molecule has 3 unspecified atom stereocenters. The Bertz CT molecular complexity index is 1030. The maximum absolute atomic E-state index is 13.3. The van der Waals surface area contributed by atoms with Gasteiger partial charge in [-0.2, -0.15) is 4.31 Å². The molecule has 0 aromatic heterocycles. The highest BCUT2D eigenvalue weighted by atomic mass is 32.2. The van der Waals surface area contributed by atoms with Crippen LogP contribution in [0.3, 0.4) is 0 Å². The Kier molecular flexibility index (Phi) is 6.14. The van der Waals surface area contributed by atoms with E-state index in [0.717, 1.165) is 18.4 Å². The van der Waals surface area contributed by atoms with Gasteiger partial charge in [0.05, 0.1) is 23.1 Å². The predicted molar refractivity (Wildman–Crippen MR) is 115 cm³/mol. The number of benzene rings is 2. The van der Waals surface area contributed by atoms with Crippen molar-refractivity contribution in [1.29, 1.82) is 0 Å². The molecule has 0 saturated carbocycles. The summed E-state index contributed by atoms with van der Waals surface area (Å²) in [6.45, 7) is 4.94. The molecule has 31 heavy (non-hydrogen) atoms. The summed E-state index contributed by atoms with van der Waals surface area (Å²) in [5, 5.41) is 0. The monoisotopic (exact) mass is 446 g/mol. The van der Waals surface area contributed by atoms with Crippen LogP contribution in [-0.2, 0) is 14.8 Å². The Morgan fingerprint density at radius 2 is 1.61 bits per heavy atom. The third kappa shape index (κ3) is 4.51. The van der Waals surface area contributed by atoms with Gasteiger partial charge >= 0.3 is 0 Å². The van der Waals surface area contributed by atoms with Crippen molar-refractivity contribution in [2.45, 2.75) is 49.8 Å². The molecule has 2 heterocycles. The first-order chi connectivity index (χ1) is 14.8. The molecule has 2 fully saturated rings. The molecule has 166 valence electrons. The van der Waals surface area contributed by atoms with E-state index in [-0.39, 0.29) is 34.9 Å². The minimum absolute atomic E-state index is 0.104. The lowest BCUT2D eigenvalue weighted by Crippen LogP contribution is -2.48. The smallest absolute Gasteiger partial charge is 0.254 e. The molecule has 0 aliphatic carbocycles. The SMILES string of the molecule is CC1CN(S(=O)(=O)c2ccc(C(=O)N3CCCC3c3ccc(F)cc3)cc2)CC(C)O1. The van der Waals surface area contributed by atoms with E-state index in [9.17, 15) is 17.6 Å². The molecule has 6 nitrogen and oxygen atoms in total. The number of likely N-dealkylation sites (tertiary alicyclic amines) is 1. The number of amides is 1. The van der Waals surface area contributed by atoms with Crippen molar-refractivity contribution >= 4 is 15.9 Å². The second kappa shape index (κ2) is 8.68. The van der Waals surface area contributed by atoms with Gasteiger partial charge in [0.15, 0.2) is 0 Å². The zero-order valence-corrected chi connectivity index (χ0v) is 18.5. The lowest BCUT2D eigenvalue weighted by atomic mass is 10.0. The van der Waals surface area contributed by atoms with E-state index in [4.69, 9.17) is 4.74 Å². The predicted octanol–water partition coefficient (Wildman–Crippen LogP) is 3.60. The molecule has 2 aromatic carbocycles. The third-order valence-electron chi connectivity index (χ3n) is 5.89. The molecule has 2 aliphatic rings. The van der Waals surface area contributed by atoms with Crippen LogP contribution in [-0.4, -0.2) is 55.4 Å². The Labute approximate surface area is 182 Å². The maximum Gasteiger partial charge on any atom is 0.254 e. The molecule has 8 heteroatoms. The van der Waals surface area contributed by atoms with Gasteiger partial charge in [0.25, 0.3) is 5.91 Å². The number of carbonyl (C=O) groups is 1. The first kappa shape index (κ1) is 21.9. The zero-order chi connectivity index (χ0) is 22.2. The lowest BCUT2D eigenvalue weighted by Gasteiger charge is -2.34. The summed E-state index contributed by atoms with van der Waals surface area (Å²) in [5.41, 5.74) is 1.35. The Morgan fingerprint density at radius 3 is 2.23 bits per heavy atom. The molecule has 0 bridgehead atoms. The van der Waals surface area contributed by atoms with E-state index >= 15 is 0 Å². The topological polar surface area (TPSA) is 66.9 Å². The summed E-state index contributed by atoms with van der Waals surface area (Å²) >= 11 is 0. The van der Waals surface area contributed by atoms with Gasteiger partial charge in [-0.3, -0.25) is 4.79 Å². The minimum atomic E-state index is -3.65. The Morgan fingerprint density at radius 1 is 1.00 bits per heavy atom. The van der Waals surface area contributed by atoms with Crippen LogP contribution in [0.1, 0.15) is 48.7 Å². The number of hydrogen-bond acceptors (Lipinski definition) is 4. The van der Waals surface area contributed by atoms with Crippen LogP contribution < -0.4 is 0 Å². The normalized spacial score (nSPS) is 25.0. The fourth-order valence-corrected chi connectivity index (χ4v) is 6.04. The number of ether oxygens (including phenoxy) is 1. The Hall–Kier alpha value is -2.29. The number of carbonyl (C=O) groups excluding carboxylic acids is 1. The number of halogens is 1. The van der Waals surface area contributed by atoms with Crippen molar-refractivity contribution in [2.75, 3.05) is 19.6 Å². The molecule has 2 saturated heterocycles. The fraction of sp³-hybridized carbons (Fsp3) is 0.435. The van der Waals surface area contributed by atoms with Crippen molar-refractivity contribution in [3.8, 4) is 0 Å². The van der Waals surface area contributed by atoms with Crippen LogP contribution in [0.15, 0.2) is 53.4 Å². The van der Waals surface area contributed by atoms with Gasteiger partial charge < -0.3 is 9.64 Å². The van der Waals surface area contributed by atoms with Crippen LogP contribution in [0.4, 0.5) is 4.39 Å². The summed E-state index contributed by atoms with van der Waals surface area (Å²) in [6.07, 6.45) is 1.35. The molecule has 3 atom stereocenters. The summed E-state index contributed by atoms with van der Waals surface area (Å²) < 4.78 is 46.4. The maximum atomic E-state index is 13.3. The van der Waals surface area contributed by atoms with Gasteiger partial charge in [0, 0.05) is 25.2 Å². The van der Waals surface area contributed by atoms with Gasteiger partial charge in [0.2, 0.25) is 10.0 Å². The number of nitrogens with zero attached hydrogens (tertiary/aromatic N) is 2. The van der Waals surface area contributed by atoms with Gasteiger partial charge in [-0.25, -0.2) is 12.8 Å². The van der Waals surface area contributed by atoms with Crippen molar-refractivity contribution in [2.24, 2.45) is 0 Å². The summed E-state index contributed by atoms with van der Waals surface area (Å²) in [6, 6.07) is 12.3. The Balaban J connectivity index is 1.52. The standard InChI is InChI=1S/C23H27FN2O4S/c1-16-14-25(15-17(2)30-16)31(28,29)21-11-7-19(8-12-21)23(27)26-13-3-4-22(26)18-5-9-20(24)10-6-18/h5-12,16-17,22H,3-4,13-15H2,1-2H3. The quantitative estimate of drug-likeness (QED) is 0.720. The minimum Gasteiger partial charge on any atom is -0.373 e. The average Bonchev–Trinajstić information content (AvgIpc) is 3.23. The largest absolute Gasteiger partial charge is 0.373 e. The molecular formula is C23H27FN2O4S. The highest BCUT2D eigenvalue weighted by Crippen LogP contribution is 2.33. The van der Waals surface area contributed by atoms with Crippen molar-refractivity contribution in [3.63, 3.8) is 0 Å². The lowest BCUT2D eigenvalue weighted by molar-refractivity contribution is -0.0440. The van der Waals surface area contributed by atoms with E-state index in [2.05, 4.69) is 0 Å². The van der Waals surface area contributed by atoms with Gasteiger partial charge in [-0.1, -0.05) is 12.1 Å². The summed E-state index contributed by atoms with van der Waals surface area (Å²) in [5.74, 6) is -0.454. The molecule has 0 spiro atoms. The zero-order valence-electron chi connectivity index (χ0n) is 17.7. The number of hydrogen-bond donors (Lipinski definition) is 0. The van der Waals surface area contributed by atoms with Crippen molar-refractivity contribution < 1.29 is 22.3 Å². The van der Waals surface area contributed by atoms with Gasteiger partial charge in [-0.15, -0.1) is 0 Å². The van der Waals surface area contributed by atoms with Gasteiger partial charge in [-0.05, 0) is 68.7 Å². The van der Waals surface area contributed by atoms with Crippen molar-refractivity contribution in [3.05, 3.63) is 65.5 Å². The number of morpholine rings is 1. The number of rotatable bonds is 4. The molecule has 2 aliphatic heterocycles. The molecule has 0 radical (unpaired) electrons. The van der Waals surface area contributed by atoms with Crippen LogP contribution >= 0.6 is 0 Å². The molecular weight excluding hydrogens is 419 g/mol. The average molecular weight is 447 g/mol. The molecule has 0 N–H and O–H groups in total. The molecule has 4 rings (SSSR count). The highest BCUT2D eigenvalue weighted by Gasteiger charge is 2.33. The van der Waals surface area contributed by atoms with Crippen LogP contribution in [0.5, 0.6) is 0 Å². The van der Waals surface area contributed by atoms with E-state index in [1.165, 1.54) is 28.6 Å². The second-order valence-corrected chi connectivity index (χ2v) is 10.2. The van der Waals surface area contributed by atoms with E-state index < -0.39 is 10.0 Å². The summed E-state index contributed by atoms with van der Waals surface area (Å²) in [4.78, 5) is 15.1. The number of sulfonamides is 1. The van der Waals surface area contributed by atoms with Crippen LogP contribution in [0, 0.1) is 5.82 Å². The van der Waals surface area contributed by atoms with Crippen molar-refractivity contribution in [1.82, 2.24) is 9.21 Å².